The molecule has 18 heavy (non-hydrogen) atoms. The summed E-state index contributed by atoms with van der Waals surface area (Å²) in [6.45, 7) is 5.72. The number of anilines is 1. The van der Waals surface area contributed by atoms with E-state index in [1.54, 1.807) is 6.92 Å². The molecule has 2 N–H and O–H groups in total. The molecule has 1 heterocycles. The number of aromatic nitrogens is 1. The molecule has 2 nitrogen and oxygen atoms in total. The Labute approximate surface area is 112 Å². The second-order valence-corrected chi connectivity index (χ2v) is 5.35. The van der Waals surface area contributed by atoms with Gasteiger partial charge in [-0.2, -0.15) is 0 Å². The van der Waals surface area contributed by atoms with E-state index in [1.165, 1.54) is 0 Å². The number of benzene rings is 1. The minimum Gasteiger partial charge on any atom is -0.398 e. The number of rotatable bonds is 1. The monoisotopic (exact) mass is 314 g/mol. The maximum atomic E-state index is 13.7. The van der Waals surface area contributed by atoms with Crippen LogP contribution >= 0.6 is 15.9 Å². The summed E-state index contributed by atoms with van der Waals surface area (Å²) in [5.41, 5.74) is 8.04. The minimum atomic E-state index is -0.698. The molecule has 0 amide bonds. The van der Waals surface area contributed by atoms with Gasteiger partial charge in [0.1, 0.15) is 11.3 Å². The van der Waals surface area contributed by atoms with Crippen LogP contribution in [0.25, 0.3) is 10.9 Å². The Morgan fingerprint density at radius 1 is 1.28 bits per heavy atom. The van der Waals surface area contributed by atoms with Crippen molar-refractivity contribution in [2.45, 2.75) is 26.7 Å². The molecule has 5 heteroatoms. The Bertz CT molecular complexity index is 639. The normalized spacial score (nSPS) is 11.5. The van der Waals surface area contributed by atoms with Crippen LogP contribution < -0.4 is 5.73 Å². The zero-order valence-electron chi connectivity index (χ0n) is 10.3. The van der Waals surface area contributed by atoms with Crippen molar-refractivity contribution in [2.75, 3.05) is 5.73 Å². The minimum absolute atomic E-state index is 0.0997. The first-order valence-corrected chi connectivity index (χ1v) is 6.37. The molecule has 0 saturated heterocycles. The first-order chi connectivity index (χ1) is 8.34. The summed E-state index contributed by atoms with van der Waals surface area (Å²) in [6, 6.07) is 0.813. The number of nitrogens with zero attached hydrogens (tertiary/aromatic N) is 1. The van der Waals surface area contributed by atoms with Crippen LogP contribution in [-0.2, 0) is 0 Å². The highest BCUT2D eigenvalue weighted by molar-refractivity contribution is 9.10. The number of hydrogen-bond donors (Lipinski definition) is 1. The number of fused-ring (bicyclic) bond motifs is 1. The quantitative estimate of drug-likeness (QED) is 0.797. The Morgan fingerprint density at radius 3 is 2.44 bits per heavy atom. The predicted molar refractivity (Wildman–Crippen MR) is 72.6 cm³/mol. The van der Waals surface area contributed by atoms with E-state index < -0.39 is 11.6 Å². The SMILES string of the molecule is Cc1nc2c(F)cc(F)c(Br)c2c(N)c1C(C)C. The molecule has 0 aliphatic carbocycles. The molecule has 96 valence electrons. The van der Waals surface area contributed by atoms with Crippen molar-refractivity contribution in [1.29, 1.82) is 0 Å². The summed E-state index contributed by atoms with van der Waals surface area (Å²) >= 11 is 3.11. The van der Waals surface area contributed by atoms with E-state index in [2.05, 4.69) is 20.9 Å². The molecule has 0 spiro atoms. The highest BCUT2D eigenvalue weighted by atomic mass is 79.9. The summed E-state index contributed by atoms with van der Waals surface area (Å²) in [5.74, 6) is -1.23. The van der Waals surface area contributed by atoms with Gasteiger partial charge in [0.25, 0.3) is 0 Å². The molecule has 0 aliphatic rings. The highest BCUT2D eigenvalue weighted by Gasteiger charge is 2.19. The standard InChI is InChI=1S/C13H13BrF2N2/c1-5(2)9-6(3)18-13-8(16)4-7(15)11(14)10(13)12(9)17/h4-5H,1-3H3,(H2,17,18). The van der Waals surface area contributed by atoms with Crippen molar-refractivity contribution < 1.29 is 8.78 Å². The Kier molecular flexibility index (Phi) is 3.27. The van der Waals surface area contributed by atoms with Gasteiger partial charge in [-0.15, -0.1) is 0 Å². The lowest BCUT2D eigenvalue weighted by Crippen LogP contribution is -2.05. The number of pyridine rings is 1. The smallest absolute Gasteiger partial charge is 0.152 e. The lowest BCUT2D eigenvalue weighted by molar-refractivity contribution is 0.586. The fourth-order valence-corrected chi connectivity index (χ4v) is 2.74. The Hall–Kier alpha value is -1.23. The zero-order chi connectivity index (χ0) is 13.6. The van der Waals surface area contributed by atoms with Gasteiger partial charge in [-0.25, -0.2) is 13.8 Å². The Morgan fingerprint density at radius 2 is 1.89 bits per heavy atom. The van der Waals surface area contributed by atoms with E-state index in [-0.39, 0.29) is 15.9 Å². The highest BCUT2D eigenvalue weighted by Crippen LogP contribution is 2.37. The van der Waals surface area contributed by atoms with E-state index in [0.717, 1.165) is 11.6 Å². The molecular formula is C13H13BrF2N2. The molecule has 1 aromatic carbocycles. The summed E-state index contributed by atoms with van der Waals surface area (Å²) in [4.78, 5) is 4.21. The van der Waals surface area contributed by atoms with E-state index in [4.69, 9.17) is 5.73 Å². The lowest BCUT2D eigenvalue weighted by atomic mass is 9.97. The van der Waals surface area contributed by atoms with Crippen molar-refractivity contribution in [3.05, 3.63) is 33.4 Å². The van der Waals surface area contributed by atoms with E-state index in [0.29, 0.717) is 16.8 Å². The van der Waals surface area contributed by atoms with Crippen LogP contribution in [0.5, 0.6) is 0 Å². The molecular weight excluding hydrogens is 302 g/mol. The van der Waals surface area contributed by atoms with Crippen LogP contribution in [0.3, 0.4) is 0 Å². The molecule has 0 aliphatic heterocycles. The summed E-state index contributed by atoms with van der Waals surface area (Å²) in [7, 11) is 0. The Balaban J connectivity index is 3.01. The summed E-state index contributed by atoms with van der Waals surface area (Å²) in [6.07, 6.45) is 0. The van der Waals surface area contributed by atoms with Crippen LogP contribution in [0, 0.1) is 18.6 Å². The van der Waals surface area contributed by atoms with Crippen LogP contribution in [-0.4, -0.2) is 4.98 Å². The predicted octanol–water partition coefficient (Wildman–Crippen LogP) is 4.29. The van der Waals surface area contributed by atoms with Crippen LogP contribution in [0.15, 0.2) is 10.5 Å². The summed E-state index contributed by atoms with van der Waals surface area (Å²) in [5, 5.41) is 0.307. The zero-order valence-corrected chi connectivity index (χ0v) is 11.9. The third-order valence-electron chi connectivity index (χ3n) is 2.95. The fraction of sp³-hybridized carbons (Fsp3) is 0.308. The first-order valence-electron chi connectivity index (χ1n) is 5.57. The topological polar surface area (TPSA) is 38.9 Å². The number of aryl methyl sites for hydroxylation is 1. The average Bonchev–Trinajstić information content (AvgIpc) is 2.25. The van der Waals surface area contributed by atoms with Gasteiger partial charge in [0, 0.05) is 22.8 Å². The van der Waals surface area contributed by atoms with Gasteiger partial charge >= 0.3 is 0 Å². The maximum Gasteiger partial charge on any atom is 0.152 e. The third-order valence-corrected chi connectivity index (χ3v) is 3.73. The molecule has 0 atom stereocenters. The molecule has 0 radical (unpaired) electrons. The average molecular weight is 315 g/mol. The third kappa shape index (κ3) is 1.86. The van der Waals surface area contributed by atoms with Crippen molar-refractivity contribution in [3.63, 3.8) is 0 Å². The van der Waals surface area contributed by atoms with Crippen molar-refractivity contribution >= 4 is 32.5 Å². The van der Waals surface area contributed by atoms with Gasteiger partial charge in [0.05, 0.1) is 4.47 Å². The maximum absolute atomic E-state index is 13.7. The molecule has 0 unspecified atom stereocenters. The number of hydrogen-bond acceptors (Lipinski definition) is 2. The van der Waals surface area contributed by atoms with Gasteiger partial charge in [-0.05, 0) is 34.3 Å². The van der Waals surface area contributed by atoms with E-state index >= 15 is 0 Å². The first kappa shape index (κ1) is 13.2. The van der Waals surface area contributed by atoms with E-state index in [1.807, 2.05) is 13.8 Å². The van der Waals surface area contributed by atoms with Gasteiger partial charge < -0.3 is 5.73 Å². The van der Waals surface area contributed by atoms with Crippen molar-refractivity contribution in [1.82, 2.24) is 4.98 Å². The molecule has 0 fully saturated rings. The number of halogens is 3. The number of nitrogens with two attached hydrogens (primary N) is 1. The number of nitrogen functional groups attached to an aromatic ring is 1. The molecule has 2 aromatic rings. The van der Waals surface area contributed by atoms with Crippen molar-refractivity contribution in [3.8, 4) is 0 Å². The molecule has 0 saturated carbocycles. The lowest BCUT2D eigenvalue weighted by Gasteiger charge is -2.16. The van der Waals surface area contributed by atoms with Crippen LogP contribution in [0.2, 0.25) is 0 Å². The van der Waals surface area contributed by atoms with Crippen LogP contribution in [0.4, 0.5) is 14.5 Å². The van der Waals surface area contributed by atoms with Gasteiger partial charge in [-0.1, -0.05) is 13.8 Å². The van der Waals surface area contributed by atoms with E-state index in [9.17, 15) is 8.78 Å². The largest absolute Gasteiger partial charge is 0.398 e. The second-order valence-electron chi connectivity index (χ2n) is 4.56. The fourth-order valence-electron chi connectivity index (χ4n) is 2.23. The van der Waals surface area contributed by atoms with Crippen molar-refractivity contribution in [2.24, 2.45) is 0 Å². The molecule has 0 bridgehead atoms. The molecule has 1 aromatic heterocycles. The van der Waals surface area contributed by atoms with Gasteiger partial charge in [0.15, 0.2) is 5.82 Å². The van der Waals surface area contributed by atoms with Gasteiger partial charge in [-0.3, -0.25) is 0 Å². The summed E-state index contributed by atoms with van der Waals surface area (Å²) < 4.78 is 27.5. The van der Waals surface area contributed by atoms with Gasteiger partial charge in [0.2, 0.25) is 0 Å². The van der Waals surface area contributed by atoms with Crippen LogP contribution in [0.1, 0.15) is 31.0 Å². The second kappa shape index (κ2) is 4.46. The molecule has 2 rings (SSSR count).